The Labute approximate surface area is 130 Å². The number of benzene rings is 1. The third kappa shape index (κ3) is 2.19. The van der Waals surface area contributed by atoms with Gasteiger partial charge in [0.2, 0.25) is 15.9 Å². The van der Waals surface area contributed by atoms with E-state index in [1.165, 1.54) is 11.4 Å². The Morgan fingerprint density at radius 3 is 2.73 bits per heavy atom. The minimum atomic E-state index is -3.57. The Balaban J connectivity index is 1.77. The number of amides is 1. The number of ether oxygens (including phenoxy) is 1. The number of hydrogen-bond donors (Lipinski definition) is 1. The Morgan fingerprint density at radius 1 is 1.41 bits per heavy atom. The molecule has 2 aliphatic rings. The zero-order valence-electron chi connectivity index (χ0n) is 12.7. The van der Waals surface area contributed by atoms with Crippen LogP contribution in [0.15, 0.2) is 24.3 Å². The Hall–Kier alpha value is -1.60. The monoisotopic (exact) mass is 324 g/mol. The van der Waals surface area contributed by atoms with Crippen LogP contribution in [0.1, 0.15) is 19.8 Å². The molecule has 1 saturated heterocycles. The molecular formula is C15H20N2O4S. The van der Waals surface area contributed by atoms with E-state index >= 15 is 0 Å². The van der Waals surface area contributed by atoms with Crippen LogP contribution in [-0.2, 0) is 14.8 Å². The second kappa shape index (κ2) is 5.24. The van der Waals surface area contributed by atoms with Crippen molar-refractivity contribution in [3.8, 4) is 5.75 Å². The molecule has 0 radical (unpaired) electrons. The summed E-state index contributed by atoms with van der Waals surface area (Å²) >= 11 is 0. The number of rotatable bonds is 4. The van der Waals surface area contributed by atoms with E-state index in [0.717, 1.165) is 6.42 Å². The van der Waals surface area contributed by atoms with Crippen LogP contribution in [0.25, 0.3) is 0 Å². The maximum atomic E-state index is 12.6. The molecule has 1 aliphatic heterocycles. The van der Waals surface area contributed by atoms with Crippen LogP contribution in [0.4, 0.5) is 5.69 Å². The normalized spacial score (nSPS) is 29.5. The maximum absolute atomic E-state index is 12.6. The summed E-state index contributed by atoms with van der Waals surface area (Å²) < 4.78 is 30.4. The van der Waals surface area contributed by atoms with Crippen LogP contribution < -0.4 is 10.1 Å². The standard InChI is InChI=1S/C15H20N2O4S/c1-3-21-13-6-4-12(5-7-13)16-14(18)15-10-11(15)8-9-17(2)22(15,19)20/h4-7,11H,3,8-10H2,1-2H3,(H,16,18). The van der Waals surface area contributed by atoms with Crippen molar-refractivity contribution in [2.75, 3.05) is 25.5 Å². The Kier molecular flexibility index (Phi) is 3.65. The van der Waals surface area contributed by atoms with E-state index in [1.807, 2.05) is 6.92 Å². The van der Waals surface area contributed by atoms with Crippen molar-refractivity contribution in [3.63, 3.8) is 0 Å². The summed E-state index contributed by atoms with van der Waals surface area (Å²) in [6.45, 7) is 2.96. The number of fused-ring (bicyclic) bond motifs is 1. The summed E-state index contributed by atoms with van der Waals surface area (Å²) in [6.07, 6.45) is 1.16. The van der Waals surface area contributed by atoms with Gasteiger partial charge in [-0.25, -0.2) is 12.7 Å². The lowest BCUT2D eigenvalue weighted by molar-refractivity contribution is -0.117. The lowest BCUT2D eigenvalue weighted by Gasteiger charge is -2.28. The van der Waals surface area contributed by atoms with Crippen molar-refractivity contribution in [1.82, 2.24) is 4.31 Å². The minimum absolute atomic E-state index is 0.0589. The highest BCUT2D eigenvalue weighted by molar-refractivity contribution is 7.91. The van der Waals surface area contributed by atoms with Gasteiger partial charge >= 0.3 is 0 Å². The van der Waals surface area contributed by atoms with Gasteiger partial charge in [0.25, 0.3) is 0 Å². The Bertz CT molecular complexity index is 686. The number of nitrogens with zero attached hydrogens (tertiary/aromatic N) is 1. The number of carbonyl (C=O) groups excluding carboxylic acids is 1. The zero-order valence-corrected chi connectivity index (χ0v) is 13.5. The first-order chi connectivity index (χ1) is 10.4. The van der Waals surface area contributed by atoms with E-state index < -0.39 is 20.7 Å². The van der Waals surface area contributed by atoms with Crippen LogP contribution in [0.2, 0.25) is 0 Å². The van der Waals surface area contributed by atoms with Gasteiger partial charge in [0.1, 0.15) is 5.75 Å². The lowest BCUT2D eigenvalue weighted by Crippen LogP contribution is -2.50. The lowest BCUT2D eigenvalue weighted by atomic mass is 10.2. The third-order valence-corrected chi connectivity index (χ3v) is 7.13. The molecule has 0 spiro atoms. The molecule has 3 rings (SSSR count). The van der Waals surface area contributed by atoms with Crippen LogP contribution in [-0.4, -0.2) is 43.6 Å². The molecule has 2 atom stereocenters. The van der Waals surface area contributed by atoms with Crippen LogP contribution in [0, 0.1) is 5.92 Å². The van der Waals surface area contributed by atoms with Crippen molar-refractivity contribution in [3.05, 3.63) is 24.3 Å². The van der Waals surface area contributed by atoms with Crippen molar-refractivity contribution >= 4 is 21.6 Å². The zero-order chi connectivity index (χ0) is 16.0. The van der Waals surface area contributed by atoms with Gasteiger partial charge in [-0.1, -0.05) is 0 Å². The highest BCUT2D eigenvalue weighted by atomic mass is 32.2. The summed E-state index contributed by atoms with van der Waals surface area (Å²) in [5.41, 5.74) is 0.580. The number of carbonyl (C=O) groups is 1. The Morgan fingerprint density at radius 2 is 2.09 bits per heavy atom. The largest absolute Gasteiger partial charge is 0.494 e. The first-order valence-corrected chi connectivity index (χ1v) is 8.86. The number of anilines is 1. The molecule has 1 amide bonds. The SMILES string of the molecule is CCOc1ccc(NC(=O)C23CC2CCN(C)S3(=O)=O)cc1. The van der Waals surface area contributed by atoms with E-state index in [0.29, 0.717) is 31.0 Å². The van der Waals surface area contributed by atoms with E-state index in [9.17, 15) is 13.2 Å². The van der Waals surface area contributed by atoms with E-state index in [2.05, 4.69) is 5.32 Å². The first-order valence-electron chi connectivity index (χ1n) is 7.42. The highest BCUT2D eigenvalue weighted by Crippen LogP contribution is 2.56. The number of nitrogens with one attached hydrogen (secondary N) is 1. The minimum Gasteiger partial charge on any atom is -0.494 e. The van der Waals surface area contributed by atoms with Crippen molar-refractivity contribution in [2.24, 2.45) is 5.92 Å². The molecule has 22 heavy (non-hydrogen) atoms. The summed E-state index contributed by atoms with van der Waals surface area (Å²) in [7, 11) is -2.03. The molecule has 120 valence electrons. The van der Waals surface area contributed by atoms with Crippen LogP contribution in [0.3, 0.4) is 0 Å². The molecule has 6 nitrogen and oxygen atoms in total. The van der Waals surface area contributed by atoms with E-state index in [4.69, 9.17) is 4.74 Å². The summed E-state index contributed by atoms with van der Waals surface area (Å²) in [6, 6.07) is 6.94. The average Bonchev–Trinajstić information content (AvgIpc) is 3.23. The fourth-order valence-corrected chi connectivity index (χ4v) is 5.27. The topological polar surface area (TPSA) is 75.7 Å². The summed E-state index contributed by atoms with van der Waals surface area (Å²) in [5, 5.41) is 2.74. The molecule has 2 fully saturated rings. The molecule has 2 unspecified atom stereocenters. The van der Waals surface area contributed by atoms with Gasteiger partial charge in [0.05, 0.1) is 6.61 Å². The number of hydrogen-bond acceptors (Lipinski definition) is 4. The highest BCUT2D eigenvalue weighted by Gasteiger charge is 2.71. The summed E-state index contributed by atoms with van der Waals surface area (Å²) in [5.74, 6) is 0.234. The van der Waals surface area contributed by atoms with Crippen LogP contribution in [0.5, 0.6) is 5.75 Å². The molecular weight excluding hydrogens is 304 g/mol. The quantitative estimate of drug-likeness (QED) is 0.909. The first kappa shape index (κ1) is 15.3. The third-order valence-electron chi connectivity index (χ3n) is 4.52. The van der Waals surface area contributed by atoms with Gasteiger partial charge < -0.3 is 10.1 Å². The molecule has 1 saturated carbocycles. The molecule has 1 aromatic carbocycles. The second-order valence-electron chi connectivity index (χ2n) is 5.82. The van der Waals surface area contributed by atoms with Gasteiger partial charge in [-0.15, -0.1) is 0 Å². The van der Waals surface area contributed by atoms with Gasteiger partial charge in [-0.05, 0) is 49.9 Å². The predicted octanol–water partition coefficient (Wildman–Crippen LogP) is 1.45. The van der Waals surface area contributed by atoms with Crippen molar-refractivity contribution in [1.29, 1.82) is 0 Å². The second-order valence-corrected chi connectivity index (χ2v) is 8.12. The van der Waals surface area contributed by atoms with Gasteiger partial charge in [-0.3, -0.25) is 4.79 Å². The maximum Gasteiger partial charge on any atom is 0.247 e. The van der Waals surface area contributed by atoms with Crippen molar-refractivity contribution in [2.45, 2.75) is 24.5 Å². The van der Waals surface area contributed by atoms with Crippen LogP contribution >= 0.6 is 0 Å². The van der Waals surface area contributed by atoms with Crippen molar-refractivity contribution < 1.29 is 17.9 Å². The number of sulfonamides is 1. The molecule has 7 heteroatoms. The fraction of sp³-hybridized carbons (Fsp3) is 0.533. The molecule has 0 bridgehead atoms. The average molecular weight is 324 g/mol. The molecule has 1 aliphatic carbocycles. The molecule has 1 aromatic rings. The fourth-order valence-electron chi connectivity index (χ4n) is 3.13. The molecule has 1 heterocycles. The van der Waals surface area contributed by atoms with Gasteiger partial charge in [-0.2, -0.15) is 0 Å². The van der Waals surface area contributed by atoms with Gasteiger partial charge in [0, 0.05) is 19.3 Å². The molecule has 1 N–H and O–H groups in total. The summed E-state index contributed by atoms with van der Waals surface area (Å²) in [4.78, 5) is 12.6. The van der Waals surface area contributed by atoms with Gasteiger partial charge in [0.15, 0.2) is 4.75 Å². The van der Waals surface area contributed by atoms with E-state index in [-0.39, 0.29) is 5.92 Å². The smallest absolute Gasteiger partial charge is 0.247 e. The van der Waals surface area contributed by atoms with E-state index in [1.54, 1.807) is 24.3 Å². The molecule has 0 aromatic heterocycles. The predicted molar refractivity (Wildman–Crippen MR) is 83.2 cm³/mol.